The van der Waals surface area contributed by atoms with Gasteiger partial charge in [0.25, 0.3) is 0 Å². The van der Waals surface area contributed by atoms with Gasteiger partial charge in [-0.05, 0) is 18.6 Å². The van der Waals surface area contributed by atoms with E-state index in [2.05, 4.69) is 50.0 Å². The number of hydrogen-bond donors (Lipinski definition) is 1. The highest BCUT2D eigenvalue weighted by atomic mass is 32.2. The van der Waals surface area contributed by atoms with Crippen LogP contribution in [0.2, 0.25) is 0 Å². The van der Waals surface area contributed by atoms with Gasteiger partial charge in [-0.25, -0.2) is 0 Å². The second kappa shape index (κ2) is 5.45. The number of nitrogens with one attached hydrogen (secondary N) is 1. The quantitative estimate of drug-likeness (QED) is 0.648. The average molecular weight is 289 g/mol. The van der Waals surface area contributed by atoms with Gasteiger partial charge in [-0.15, -0.1) is 18.3 Å². The molecule has 1 aromatic rings. The minimum Gasteiger partial charge on any atom is -0.380 e. The molecule has 1 heterocycles. The standard InChI is InChI=1S/C17H23NOS/c1-4-11-20-14-8-6-5-7-13(14)18-15-12-9-10-19-16(12)17(15,2)3/h4-8,12,15-16,18H,1,9-11H2,2-3H3. The molecule has 2 nitrogen and oxygen atoms in total. The maximum absolute atomic E-state index is 5.87. The van der Waals surface area contributed by atoms with Crippen LogP contribution < -0.4 is 5.32 Å². The van der Waals surface area contributed by atoms with Crippen LogP contribution in [0.25, 0.3) is 0 Å². The Hall–Kier alpha value is -0.930. The molecule has 1 saturated heterocycles. The molecule has 0 bridgehead atoms. The highest BCUT2D eigenvalue weighted by Gasteiger charge is 2.59. The van der Waals surface area contributed by atoms with Crippen LogP contribution in [0.15, 0.2) is 41.8 Å². The van der Waals surface area contributed by atoms with Gasteiger partial charge in [0.05, 0.1) is 6.10 Å². The molecule has 3 rings (SSSR count). The molecule has 1 aliphatic heterocycles. The predicted octanol–water partition coefficient (Wildman–Crippen LogP) is 4.19. The Morgan fingerprint density at radius 2 is 2.25 bits per heavy atom. The molecular weight excluding hydrogens is 266 g/mol. The van der Waals surface area contributed by atoms with E-state index in [-0.39, 0.29) is 5.41 Å². The molecule has 1 saturated carbocycles. The van der Waals surface area contributed by atoms with Gasteiger partial charge in [-0.2, -0.15) is 0 Å². The van der Waals surface area contributed by atoms with Crippen molar-refractivity contribution in [2.45, 2.75) is 37.3 Å². The van der Waals surface area contributed by atoms with Crippen molar-refractivity contribution in [1.82, 2.24) is 0 Å². The van der Waals surface area contributed by atoms with Crippen molar-refractivity contribution in [1.29, 1.82) is 0 Å². The fraction of sp³-hybridized carbons (Fsp3) is 0.529. The maximum atomic E-state index is 5.87. The summed E-state index contributed by atoms with van der Waals surface area (Å²) in [7, 11) is 0. The highest BCUT2D eigenvalue weighted by Crippen LogP contribution is 2.53. The topological polar surface area (TPSA) is 21.3 Å². The Morgan fingerprint density at radius 3 is 3.05 bits per heavy atom. The molecule has 0 radical (unpaired) electrons. The Balaban J connectivity index is 1.76. The van der Waals surface area contributed by atoms with Crippen LogP contribution in [0.5, 0.6) is 0 Å². The van der Waals surface area contributed by atoms with Crippen molar-refractivity contribution >= 4 is 17.4 Å². The Morgan fingerprint density at radius 1 is 1.45 bits per heavy atom. The number of para-hydroxylation sites is 1. The monoisotopic (exact) mass is 289 g/mol. The third-order valence-electron chi connectivity index (χ3n) is 4.66. The summed E-state index contributed by atoms with van der Waals surface area (Å²) in [5.41, 5.74) is 1.47. The molecule has 1 aromatic carbocycles. The zero-order valence-electron chi connectivity index (χ0n) is 12.3. The number of anilines is 1. The van der Waals surface area contributed by atoms with E-state index in [1.165, 1.54) is 17.0 Å². The minimum absolute atomic E-state index is 0.220. The third-order valence-corrected chi connectivity index (χ3v) is 5.72. The van der Waals surface area contributed by atoms with Crippen molar-refractivity contribution in [2.75, 3.05) is 17.7 Å². The van der Waals surface area contributed by atoms with Crippen molar-refractivity contribution in [3.8, 4) is 0 Å². The van der Waals surface area contributed by atoms with Crippen molar-refractivity contribution in [3.05, 3.63) is 36.9 Å². The SMILES string of the molecule is C=CCSc1ccccc1NC1C2CCOC2C1(C)C. The molecule has 2 aliphatic rings. The summed E-state index contributed by atoms with van der Waals surface area (Å²) in [6.07, 6.45) is 3.58. The Bertz CT molecular complexity index is 500. The lowest BCUT2D eigenvalue weighted by atomic mass is 9.57. The van der Waals surface area contributed by atoms with Gasteiger partial charge >= 0.3 is 0 Å². The van der Waals surface area contributed by atoms with Crippen LogP contribution in [-0.2, 0) is 4.74 Å². The predicted molar refractivity (Wildman–Crippen MR) is 86.4 cm³/mol. The number of ether oxygens (including phenoxy) is 1. The summed E-state index contributed by atoms with van der Waals surface area (Å²) >= 11 is 1.84. The summed E-state index contributed by atoms with van der Waals surface area (Å²) in [5.74, 6) is 1.62. The molecule has 2 fully saturated rings. The van der Waals surface area contributed by atoms with Gasteiger partial charge < -0.3 is 10.1 Å². The summed E-state index contributed by atoms with van der Waals surface area (Å²) < 4.78 is 5.87. The van der Waals surface area contributed by atoms with E-state index in [9.17, 15) is 0 Å². The first-order chi connectivity index (χ1) is 9.64. The molecule has 108 valence electrons. The smallest absolute Gasteiger partial charge is 0.0694 e. The largest absolute Gasteiger partial charge is 0.380 e. The summed E-state index contributed by atoms with van der Waals surface area (Å²) in [6, 6.07) is 9.09. The van der Waals surface area contributed by atoms with E-state index < -0.39 is 0 Å². The summed E-state index contributed by atoms with van der Waals surface area (Å²) in [5, 5.41) is 3.78. The number of benzene rings is 1. The van der Waals surface area contributed by atoms with Crippen LogP contribution in [-0.4, -0.2) is 24.5 Å². The molecule has 3 atom stereocenters. The molecular formula is C17H23NOS. The molecule has 3 heteroatoms. The summed E-state index contributed by atoms with van der Waals surface area (Å²) in [6.45, 7) is 9.36. The second-order valence-electron chi connectivity index (χ2n) is 6.28. The number of hydrogen-bond acceptors (Lipinski definition) is 3. The molecule has 0 amide bonds. The van der Waals surface area contributed by atoms with E-state index in [4.69, 9.17) is 4.74 Å². The molecule has 0 aromatic heterocycles. The third kappa shape index (κ3) is 2.27. The van der Waals surface area contributed by atoms with Crippen LogP contribution in [0.4, 0.5) is 5.69 Å². The second-order valence-corrected chi connectivity index (χ2v) is 7.34. The Kier molecular flexibility index (Phi) is 3.83. The van der Waals surface area contributed by atoms with Gasteiger partial charge in [0.1, 0.15) is 0 Å². The fourth-order valence-corrected chi connectivity index (χ4v) is 4.40. The van der Waals surface area contributed by atoms with Crippen molar-refractivity contribution < 1.29 is 4.74 Å². The first-order valence-corrected chi connectivity index (χ1v) is 8.34. The van der Waals surface area contributed by atoms with E-state index in [0.29, 0.717) is 18.1 Å². The van der Waals surface area contributed by atoms with E-state index in [1.54, 1.807) is 0 Å². The molecule has 0 spiro atoms. The first kappa shape index (κ1) is 14.0. The van der Waals surface area contributed by atoms with Gasteiger partial charge in [0.2, 0.25) is 0 Å². The van der Waals surface area contributed by atoms with Crippen LogP contribution in [0, 0.1) is 11.3 Å². The lowest BCUT2D eigenvalue weighted by Crippen LogP contribution is -2.63. The maximum Gasteiger partial charge on any atom is 0.0694 e. The lowest BCUT2D eigenvalue weighted by Gasteiger charge is -2.55. The van der Waals surface area contributed by atoms with Gasteiger partial charge in [-0.3, -0.25) is 0 Å². The van der Waals surface area contributed by atoms with Gasteiger partial charge in [0.15, 0.2) is 0 Å². The van der Waals surface area contributed by atoms with E-state index in [1.807, 2.05) is 17.8 Å². The minimum atomic E-state index is 0.220. The van der Waals surface area contributed by atoms with Crippen molar-refractivity contribution in [2.24, 2.45) is 11.3 Å². The zero-order chi connectivity index (χ0) is 14.2. The normalized spacial score (nSPS) is 30.4. The molecule has 3 unspecified atom stereocenters. The highest BCUT2D eigenvalue weighted by molar-refractivity contribution is 7.99. The van der Waals surface area contributed by atoms with Crippen molar-refractivity contribution in [3.63, 3.8) is 0 Å². The van der Waals surface area contributed by atoms with E-state index >= 15 is 0 Å². The fourth-order valence-electron chi connectivity index (χ4n) is 3.65. The molecule has 1 aliphatic carbocycles. The van der Waals surface area contributed by atoms with E-state index in [0.717, 1.165) is 12.4 Å². The lowest BCUT2D eigenvalue weighted by molar-refractivity contribution is -0.0923. The van der Waals surface area contributed by atoms with Gasteiger partial charge in [0, 0.05) is 40.3 Å². The number of rotatable bonds is 5. The van der Waals surface area contributed by atoms with Crippen LogP contribution in [0.3, 0.4) is 0 Å². The average Bonchev–Trinajstić information content (AvgIpc) is 2.90. The number of thioether (sulfide) groups is 1. The molecule has 1 N–H and O–H groups in total. The van der Waals surface area contributed by atoms with Gasteiger partial charge in [-0.1, -0.05) is 32.1 Å². The summed E-state index contributed by atoms with van der Waals surface area (Å²) in [4.78, 5) is 1.31. The first-order valence-electron chi connectivity index (χ1n) is 7.35. The van der Waals surface area contributed by atoms with Crippen LogP contribution >= 0.6 is 11.8 Å². The Labute approximate surface area is 126 Å². The zero-order valence-corrected chi connectivity index (χ0v) is 13.1. The number of fused-ring (bicyclic) bond motifs is 1. The van der Waals surface area contributed by atoms with Crippen LogP contribution in [0.1, 0.15) is 20.3 Å². The molecule has 20 heavy (non-hydrogen) atoms.